The zero-order valence-corrected chi connectivity index (χ0v) is 17.8. The van der Waals surface area contributed by atoms with E-state index in [1.165, 1.54) is 38.5 Å². The topological polar surface area (TPSA) is 40.6 Å². The van der Waals surface area contributed by atoms with Crippen LogP contribution in [0.2, 0.25) is 0 Å². The van der Waals surface area contributed by atoms with Crippen LogP contribution in [-0.2, 0) is 9.59 Å². The van der Waals surface area contributed by atoms with E-state index in [-0.39, 0.29) is 11.8 Å². The third kappa shape index (κ3) is 14.2. The van der Waals surface area contributed by atoms with Gasteiger partial charge in [-0.15, -0.1) is 0 Å². The van der Waals surface area contributed by atoms with Crippen LogP contribution in [0.15, 0.2) is 0 Å². The predicted molar refractivity (Wildman–Crippen MR) is 110 cm³/mol. The van der Waals surface area contributed by atoms with Gasteiger partial charge in [0.2, 0.25) is 11.8 Å². The second kappa shape index (κ2) is 16.7. The summed E-state index contributed by atoms with van der Waals surface area (Å²) in [5.74, 6) is 2.07. The van der Waals surface area contributed by atoms with Gasteiger partial charge in [0.25, 0.3) is 0 Å². The van der Waals surface area contributed by atoms with Crippen LogP contribution in [0.5, 0.6) is 0 Å². The molecule has 0 aliphatic heterocycles. The van der Waals surface area contributed by atoms with Crippen molar-refractivity contribution >= 4 is 23.6 Å². The Morgan fingerprint density at radius 1 is 0.680 bits per heavy atom. The third-order valence-corrected chi connectivity index (χ3v) is 5.45. The first-order valence-corrected chi connectivity index (χ1v) is 11.2. The van der Waals surface area contributed by atoms with Gasteiger partial charge in [-0.25, -0.2) is 0 Å². The molecule has 0 aliphatic rings. The molecule has 5 heteroatoms. The van der Waals surface area contributed by atoms with Crippen LogP contribution in [0.25, 0.3) is 0 Å². The molecule has 0 fully saturated rings. The van der Waals surface area contributed by atoms with E-state index in [1.54, 1.807) is 11.8 Å². The third-order valence-electron chi connectivity index (χ3n) is 4.47. The SMILES string of the molecule is CCCCCCN(C)C(=O)CCSCCC(=O)N(C)CCCCCC. The first-order valence-electron chi connectivity index (χ1n) is 10.1. The normalized spacial score (nSPS) is 10.7. The quantitative estimate of drug-likeness (QED) is 0.372. The molecule has 0 atom stereocenters. The van der Waals surface area contributed by atoms with Crippen LogP contribution in [-0.4, -0.2) is 60.3 Å². The Morgan fingerprint density at radius 2 is 1.08 bits per heavy atom. The summed E-state index contributed by atoms with van der Waals surface area (Å²) >= 11 is 1.71. The summed E-state index contributed by atoms with van der Waals surface area (Å²) in [4.78, 5) is 27.7. The average molecular weight is 373 g/mol. The fourth-order valence-corrected chi connectivity index (χ4v) is 3.45. The van der Waals surface area contributed by atoms with Crippen molar-refractivity contribution in [3.63, 3.8) is 0 Å². The van der Waals surface area contributed by atoms with Gasteiger partial charge >= 0.3 is 0 Å². The van der Waals surface area contributed by atoms with E-state index in [0.29, 0.717) is 12.8 Å². The van der Waals surface area contributed by atoms with Gasteiger partial charge < -0.3 is 9.80 Å². The zero-order chi connectivity index (χ0) is 18.9. The van der Waals surface area contributed by atoms with Crippen LogP contribution >= 0.6 is 11.8 Å². The van der Waals surface area contributed by atoms with Crippen LogP contribution in [0.1, 0.15) is 78.1 Å². The lowest BCUT2D eigenvalue weighted by Crippen LogP contribution is -2.28. The van der Waals surface area contributed by atoms with Crippen molar-refractivity contribution in [3.05, 3.63) is 0 Å². The number of rotatable bonds is 16. The van der Waals surface area contributed by atoms with E-state index in [4.69, 9.17) is 0 Å². The molecule has 0 rings (SSSR count). The van der Waals surface area contributed by atoms with Gasteiger partial charge in [-0.2, -0.15) is 11.8 Å². The van der Waals surface area contributed by atoms with E-state index in [2.05, 4.69) is 13.8 Å². The molecule has 25 heavy (non-hydrogen) atoms. The monoisotopic (exact) mass is 372 g/mol. The summed E-state index contributed by atoms with van der Waals surface area (Å²) < 4.78 is 0. The predicted octanol–water partition coefficient (Wildman–Crippen LogP) is 4.58. The van der Waals surface area contributed by atoms with Gasteiger partial charge in [0.1, 0.15) is 0 Å². The minimum atomic E-state index is 0.225. The number of unbranched alkanes of at least 4 members (excludes halogenated alkanes) is 6. The molecule has 0 unspecified atom stereocenters. The highest BCUT2D eigenvalue weighted by Gasteiger charge is 2.10. The molecule has 0 aromatic heterocycles. The summed E-state index contributed by atoms with van der Waals surface area (Å²) in [6, 6.07) is 0. The first kappa shape index (κ1) is 24.3. The lowest BCUT2D eigenvalue weighted by molar-refractivity contribution is -0.130. The molecule has 0 aromatic rings. The van der Waals surface area contributed by atoms with Crippen molar-refractivity contribution in [1.82, 2.24) is 9.80 Å². The number of amides is 2. The Balaban J connectivity index is 3.63. The lowest BCUT2D eigenvalue weighted by Gasteiger charge is -2.18. The highest BCUT2D eigenvalue weighted by atomic mass is 32.2. The van der Waals surface area contributed by atoms with Gasteiger partial charge in [-0.3, -0.25) is 9.59 Å². The molecule has 0 heterocycles. The Hall–Kier alpha value is -0.710. The highest BCUT2D eigenvalue weighted by Crippen LogP contribution is 2.09. The minimum Gasteiger partial charge on any atom is -0.346 e. The van der Waals surface area contributed by atoms with E-state index < -0.39 is 0 Å². The Bertz CT molecular complexity index is 319. The van der Waals surface area contributed by atoms with Crippen LogP contribution < -0.4 is 0 Å². The standard InChI is InChI=1S/C20H40N2O2S/c1-5-7-9-11-15-21(3)19(23)13-17-25-18-14-20(24)22(4)16-12-10-8-6-2/h5-18H2,1-4H3. The minimum absolute atomic E-state index is 0.225. The van der Waals surface area contributed by atoms with Crippen molar-refractivity contribution in [1.29, 1.82) is 0 Å². The number of nitrogens with zero attached hydrogens (tertiary/aromatic N) is 2. The smallest absolute Gasteiger partial charge is 0.223 e. The Morgan fingerprint density at radius 3 is 1.44 bits per heavy atom. The van der Waals surface area contributed by atoms with Crippen LogP contribution in [0, 0.1) is 0 Å². The average Bonchev–Trinajstić information content (AvgIpc) is 2.61. The lowest BCUT2D eigenvalue weighted by atomic mass is 10.2. The largest absolute Gasteiger partial charge is 0.346 e. The van der Waals surface area contributed by atoms with Gasteiger partial charge in [-0.1, -0.05) is 52.4 Å². The van der Waals surface area contributed by atoms with Crippen molar-refractivity contribution in [2.75, 3.05) is 38.7 Å². The maximum atomic E-state index is 12.0. The van der Waals surface area contributed by atoms with E-state index in [1.807, 2.05) is 23.9 Å². The van der Waals surface area contributed by atoms with Crippen molar-refractivity contribution in [2.45, 2.75) is 78.1 Å². The maximum Gasteiger partial charge on any atom is 0.223 e. The summed E-state index contributed by atoms with van der Waals surface area (Å²) in [5, 5.41) is 0. The summed E-state index contributed by atoms with van der Waals surface area (Å²) in [5.41, 5.74) is 0. The van der Waals surface area contributed by atoms with Crippen LogP contribution in [0.3, 0.4) is 0 Å². The number of thioether (sulfide) groups is 1. The number of hydrogen-bond donors (Lipinski definition) is 0. The number of carbonyl (C=O) groups excluding carboxylic acids is 2. The number of carbonyl (C=O) groups is 2. The first-order chi connectivity index (χ1) is 12.0. The van der Waals surface area contributed by atoms with Gasteiger partial charge in [0.05, 0.1) is 0 Å². The van der Waals surface area contributed by atoms with Crippen molar-refractivity contribution in [3.8, 4) is 0 Å². The second-order valence-corrected chi connectivity index (χ2v) is 8.09. The molecule has 0 radical (unpaired) electrons. The molecular formula is C20H40N2O2S. The van der Waals surface area contributed by atoms with Crippen LogP contribution in [0.4, 0.5) is 0 Å². The molecule has 2 amide bonds. The van der Waals surface area contributed by atoms with Gasteiger partial charge in [0, 0.05) is 51.5 Å². The summed E-state index contributed by atoms with van der Waals surface area (Å²) in [7, 11) is 3.80. The molecule has 0 spiro atoms. The molecule has 148 valence electrons. The zero-order valence-electron chi connectivity index (χ0n) is 17.0. The fraction of sp³-hybridized carbons (Fsp3) is 0.900. The van der Waals surface area contributed by atoms with Crippen molar-refractivity contribution in [2.24, 2.45) is 0 Å². The Kier molecular flexibility index (Phi) is 16.3. The molecule has 0 bridgehead atoms. The second-order valence-electron chi connectivity index (χ2n) is 6.86. The van der Waals surface area contributed by atoms with E-state index in [0.717, 1.165) is 37.4 Å². The molecule has 0 aromatic carbocycles. The van der Waals surface area contributed by atoms with Gasteiger partial charge in [-0.05, 0) is 12.8 Å². The molecular weight excluding hydrogens is 332 g/mol. The number of hydrogen-bond acceptors (Lipinski definition) is 3. The highest BCUT2D eigenvalue weighted by molar-refractivity contribution is 7.99. The van der Waals surface area contributed by atoms with Crippen molar-refractivity contribution < 1.29 is 9.59 Å². The Labute approximate surface area is 160 Å². The van der Waals surface area contributed by atoms with Gasteiger partial charge in [0.15, 0.2) is 0 Å². The fourth-order valence-electron chi connectivity index (χ4n) is 2.60. The summed E-state index contributed by atoms with van der Waals surface area (Å²) in [6.07, 6.45) is 10.7. The molecule has 0 saturated heterocycles. The summed E-state index contributed by atoms with van der Waals surface area (Å²) in [6.45, 7) is 6.12. The molecule has 4 nitrogen and oxygen atoms in total. The van der Waals surface area contributed by atoms with E-state index >= 15 is 0 Å². The molecule has 0 saturated carbocycles. The maximum absolute atomic E-state index is 12.0. The molecule has 0 aliphatic carbocycles. The molecule has 0 N–H and O–H groups in total. The van der Waals surface area contributed by atoms with E-state index in [9.17, 15) is 9.59 Å².